The number of aliphatic carboxylic acids is 1. The molecule has 17 nitrogen and oxygen atoms in total. The molecule has 0 saturated heterocycles. The van der Waals surface area contributed by atoms with E-state index in [4.69, 9.17) is 33.1 Å². The molecule has 0 spiro atoms. The molecule has 0 unspecified atom stereocenters. The SMILES string of the molecule is COC(=O)CNC(=O)Cc1onc(-c2ccc(OC)cc2)c1-c1ccc(OC)cc1.COC(=O)C[NH3+].COc1ccc(-c2noc(CC(=O)O)c2-c2ccc(OC)cc2)cc1.[Cl-]. The van der Waals surface area contributed by atoms with Crippen LogP contribution in [-0.2, 0) is 41.5 Å². The second-order valence-corrected chi connectivity index (χ2v) is 12.5. The number of nitrogens with zero attached hydrogens (tertiary/aromatic N) is 2. The molecule has 5 N–H and O–H groups in total. The lowest BCUT2D eigenvalue weighted by atomic mass is 9.98. The Hall–Kier alpha value is -7.37. The first-order valence-corrected chi connectivity index (χ1v) is 18.4. The molecule has 2 aromatic heterocycles. The lowest BCUT2D eigenvalue weighted by molar-refractivity contribution is -0.359. The van der Waals surface area contributed by atoms with Crippen LogP contribution in [0.25, 0.3) is 44.8 Å². The van der Waals surface area contributed by atoms with Gasteiger partial charge in [-0.05, 0) is 83.9 Å². The van der Waals surface area contributed by atoms with Crippen molar-refractivity contribution >= 4 is 23.8 Å². The number of methoxy groups -OCH3 is 6. The molecule has 0 fully saturated rings. The molecule has 0 bridgehead atoms. The summed E-state index contributed by atoms with van der Waals surface area (Å²) < 4.78 is 40.4. The van der Waals surface area contributed by atoms with Crippen molar-refractivity contribution in [2.75, 3.05) is 55.7 Å². The van der Waals surface area contributed by atoms with Crippen LogP contribution in [0.15, 0.2) is 106 Å². The highest BCUT2D eigenvalue weighted by atomic mass is 35.5. The Kier molecular flexibility index (Phi) is 19.5. The number of halogens is 1. The molecule has 0 radical (unpaired) electrons. The van der Waals surface area contributed by atoms with Gasteiger partial charge in [-0.1, -0.05) is 34.6 Å². The zero-order chi connectivity index (χ0) is 44.3. The number of nitrogens with one attached hydrogen (secondary N) is 1. The Bertz CT molecular complexity index is 2340. The zero-order valence-corrected chi connectivity index (χ0v) is 35.6. The normalized spacial score (nSPS) is 9.98. The van der Waals surface area contributed by atoms with Gasteiger partial charge in [0.2, 0.25) is 5.91 Å². The van der Waals surface area contributed by atoms with Crippen molar-refractivity contribution in [1.82, 2.24) is 15.6 Å². The third-order valence-corrected chi connectivity index (χ3v) is 8.73. The van der Waals surface area contributed by atoms with E-state index < -0.39 is 11.9 Å². The molecule has 6 rings (SSSR count). The van der Waals surface area contributed by atoms with Gasteiger partial charge in [-0.2, -0.15) is 0 Å². The van der Waals surface area contributed by atoms with Crippen molar-refractivity contribution in [2.24, 2.45) is 0 Å². The van der Waals surface area contributed by atoms with Crippen LogP contribution in [0.5, 0.6) is 23.0 Å². The minimum Gasteiger partial charge on any atom is -1.00 e. The van der Waals surface area contributed by atoms with Gasteiger partial charge < -0.3 is 66.0 Å². The number of benzene rings is 4. The molecule has 0 atom stereocenters. The number of ether oxygens (including phenoxy) is 6. The molecule has 328 valence electrons. The van der Waals surface area contributed by atoms with Gasteiger partial charge in [0.25, 0.3) is 0 Å². The van der Waals surface area contributed by atoms with Crippen LogP contribution in [0.3, 0.4) is 0 Å². The van der Waals surface area contributed by atoms with E-state index in [0.717, 1.165) is 33.8 Å². The van der Waals surface area contributed by atoms with Crippen molar-refractivity contribution in [3.05, 3.63) is 109 Å². The molecule has 62 heavy (non-hydrogen) atoms. The Morgan fingerprint density at radius 1 is 0.548 bits per heavy atom. The van der Waals surface area contributed by atoms with Crippen molar-refractivity contribution in [1.29, 1.82) is 0 Å². The van der Waals surface area contributed by atoms with E-state index in [1.165, 1.54) is 14.2 Å². The number of carbonyl (C=O) groups is 4. The smallest absolute Gasteiger partial charge is 0.361 e. The summed E-state index contributed by atoms with van der Waals surface area (Å²) >= 11 is 0. The van der Waals surface area contributed by atoms with Gasteiger partial charge in [0, 0.05) is 11.1 Å². The average Bonchev–Trinajstić information content (AvgIpc) is 3.92. The summed E-state index contributed by atoms with van der Waals surface area (Å²) in [6, 6.07) is 29.4. The highest BCUT2D eigenvalue weighted by Crippen LogP contribution is 2.38. The van der Waals surface area contributed by atoms with E-state index >= 15 is 0 Å². The number of carboxylic acid groups (broad SMARTS) is 1. The van der Waals surface area contributed by atoms with Gasteiger partial charge in [-0.15, -0.1) is 0 Å². The van der Waals surface area contributed by atoms with Crippen LogP contribution in [-0.4, -0.2) is 95.0 Å². The maximum absolute atomic E-state index is 12.3. The minimum atomic E-state index is -0.979. The molecular weight excluding hydrogens is 828 g/mol. The summed E-state index contributed by atoms with van der Waals surface area (Å²) in [5, 5.41) is 20.0. The monoisotopic (exact) mass is 874 g/mol. The Balaban J connectivity index is 0.000000291. The number of carboxylic acids is 1. The lowest BCUT2D eigenvalue weighted by Gasteiger charge is -2.07. The topological polar surface area (TPSA) is 236 Å². The second kappa shape index (κ2) is 24.6. The van der Waals surface area contributed by atoms with E-state index in [-0.39, 0.29) is 50.2 Å². The number of amides is 1. The van der Waals surface area contributed by atoms with E-state index in [1.54, 1.807) is 28.4 Å². The fraction of sp³-hybridized carbons (Fsp3) is 0.227. The molecule has 1 amide bonds. The number of aromatic nitrogens is 2. The number of quaternary nitrogens is 1. The lowest BCUT2D eigenvalue weighted by Crippen LogP contribution is -3.00. The largest absolute Gasteiger partial charge is 1.00 e. The van der Waals surface area contributed by atoms with Crippen molar-refractivity contribution in [3.8, 4) is 67.8 Å². The van der Waals surface area contributed by atoms with E-state index in [1.807, 2.05) is 97.1 Å². The van der Waals surface area contributed by atoms with Gasteiger partial charge in [-0.25, -0.2) is 4.79 Å². The fourth-order valence-electron chi connectivity index (χ4n) is 5.58. The van der Waals surface area contributed by atoms with E-state index in [0.29, 0.717) is 45.5 Å². The molecule has 0 saturated carbocycles. The van der Waals surface area contributed by atoms with Crippen LogP contribution >= 0.6 is 0 Å². The number of rotatable bonds is 15. The standard InChI is InChI=1S/C22H22N2O6.C19H17NO5.C3H7NO2.ClH/c1-27-16-8-4-14(5-9-16)21-18(12-19(25)23-13-20(26)29-3)30-24-22(21)15-6-10-17(28-2)11-7-15;1-23-14-7-3-12(4-8-14)18-16(11-17(21)22)25-20-19(18)13-5-9-15(24-2)10-6-13;1-6-3(5)2-4;/h4-11H,12-13H2,1-3H3,(H,23,25);3-10H,11H2,1-2H3,(H,21,22);2,4H2,1H3;1H. The van der Waals surface area contributed by atoms with Crippen molar-refractivity contribution < 1.29 is 79.9 Å². The number of hydrogen-bond donors (Lipinski definition) is 3. The fourth-order valence-corrected chi connectivity index (χ4v) is 5.58. The first kappa shape index (κ1) is 49.0. The van der Waals surface area contributed by atoms with Gasteiger partial charge in [0.05, 0.1) is 60.2 Å². The molecule has 6 aromatic rings. The summed E-state index contributed by atoms with van der Waals surface area (Å²) in [5.41, 5.74) is 9.07. The quantitative estimate of drug-likeness (QED) is 0.125. The number of carbonyl (C=O) groups excluding carboxylic acids is 3. The Morgan fingerprint density at radius 2 is 0.887 bits per heavy atom. The van der Waals surface area contributed by atoms with Crippen LogP contribution in [0, 0.1) is 0 Å². The third kappa shape index (κ3) is 13.6. The summed E-state index contributed by atoms with van der Waals surface area (Å²) in [6.45, 7) is 0.00315. The highest BCUT2D eigenvalue weighted by molar-refractivity contribution is 5.88. The van der Waals surface area contributed by atoms with E-state index in [2.05, 4.69) is 30.8 Å². The van der Waals surface area contributed by atoms with Gasteiger partial charge in [0.1, 0.15) is 47.4 Å². The van der Waals surface area contributed by atoms with Crippen LogP contribution < -0.4 is 42.4 Å². The highest BCUT2D eigenvalue weighted by Gasteiger charge is 2.23. The molecule has 0 aliphatic rings. The Morgan fingerprint density at radius 3 is 1.18 bits per heavy atom. The molecule has 0 aliphatic heterocycles. The van der Waals surface area contributed by atoms with Crippen molar-refractivity contribution in [2.45, 2.75) is 12.8 Å². The number of esters is 2. The number of hydrogen-bond acceptors (Lipinski definition) is 14. The zero-order valence-electron chi connectivity index (χ0n) is 34.9. The Labute approximate surface area is 363 Å². The van der Waals surface area contributed by atoms with Gasteiger partial charge in [-0.3, -0.25) is 14.4 Å². The molecular formula is C44H47ClN4O13. The first-order valence-electron chi connectivity index (χ1n) is 18.4. The van der Waals surface area contributed by atoms with Gasteiger partial charge in [0.15, 0.2) is 18.1 Å². The summed E-state index contributed by atoms with van der Waals surface area (Å²) in [4.78, 5) is 44.6. The summed E-state index contributed by atoms with van der Waals surface area (Å²) in [5.74, 6) is 1.39. The van der Waals surface area contributed by atoms with Gasteiger partial charge >= 0.3 is 17.9 Å². The third-order valence-electron chi connectivity index (χ3n) is 8.73. The summed E-state index contributed by atoms with van der Waals surface area (Å²) in [6.07, 6.45) is -0.327. The second-order valence-electron chi connectivity index (χ2n) is 12.5. The average molecular weight is 875 g/mol. The predicted molar refractivity (Wildman–Crippen MR) is 221 cm³/mol. The van der Waals surface area contributed by atoms with Crippen LogP contribution in [0.1, 0.15) is 11.5 Å². The van der Waals surface area contributed by atoms with Crippen LogP contribution in [0.4, 0.5) is 0 Å². The van der Waals surface area contributed by atoms with Crippen LogP contribution in [0.2, 0.25) is 0 Å². The first-order chi connectivity index (χ1) is 29.5. The van der Waals surface area contributed by atoms with Crippen molar-refractivity contribution in [3.63, 3.8) is 0 Å². The summed E-state index contributed by atoms with van der Waals surface area (Å²) in [7, 11) is 8.97. The minimum absolute atomic E-state index is 0. The molecule has 2 heterocycles. The maximum atomic E-state index is 12.3. The molecule has 0 aliphatic carbocycles. The maximum Gasteiger partial charge on any atom is 0.361 e. The van der Waals surface area contributed by atoms with E-state index in [9.17, 15) is 19.2 Å². The molecule has 4 aromatic carbocycles. The predicted octanol–water partition coefficient (Wildman–Crippen LogP) is 1.92. The molecule has 18 heteroatoms.